The highest BCUT2D eigenvalue weighted by atomic mass is 35.5. The van der Waals surface area contributed by atoms with Crippen LogP contribution in [0.1, 0.15) is 15.9 Å². The molecule has 118 valence electrons. The van der Waals surface area contributed by atoms with Crippen molar-refractivity contribution in [3.8, 4) is 5.75 Å². The zero-order chi connectivity index (χ0) is 16.8. The molecule has 0 spiro atoms. The Morgan fingerprint density at radius 1 is 1.09 bits per heavy atom. The number of hydrogen-bond donors (Lipinski definition) is 0. The molecule has 0 aliphatic rings. The molecule has 0 amide bonds. The number of rotatable bonds is 4. The van der Waals surface area contributed by atoms with Gasteiger partial charge in [-0.15, -0.1) is 0 Å². The molecule has 0 saturated heterocycles. The topological polar surface area (TPSA) is 29.5 Å². The van der Waals surface area contributed by atoms with Gasteiger partial charge in [-0.25, -0.2) is 0 Å². The molecule has 5 heteroatoms. The number of allylic oxidation sites excluding steroid dienone is 1. The SMILES string of the molecule is CN(C)C(=S)Oc1ccc(C(=O)/C=C/c2ccc(Cl)cc2)cc1. The maximum absolute atomic E-state index is 12.1. The van der Waals surface area contributed by atoms with Crippen molar-refractivity contribution in [2.75, 3.05) is 14.1 Å². The Morgan fingerprint density at radius 3 is 2.26 bits per heavy atom. The highest BCUT2D eigenvalue weighted by Crippen LogP contribution is 2.15. The van der Waals surface area contributed by atoms with Crippen molar-refractivity contribution in [2.45, 2.75) is 0 Å². The monoisotopic (exact) mass is 345 g/mol. The lowest BCUT2D eigenvalue weighted by molar-refractivity contribution is 0.104. The molecule has 2 rings (SSSR count). The Labute approximate surface area is 146 Å². The van der Waals surface area contributed by atoms with Gasteiger partial charge in [0.25, 0.3) is 5.17 Å². The highest BCUT2D eigenvalue weighted by molar-refractivity contribution is 7.80. The van der Waals surface area contributed by atoms with E-state index in [4.69, 9.17) is 28.6 Å². The number of hydrogen-bond acceptors (Lipinski definition) is 3. The van der Waals surface area contributed by atoms with Crippen molar-refractivity contribution in [1.82, 2.24) is 4.90 Å². The number of benzene rings is 2. The third-order valence-corrected chi connectivity index (χ3v) is 3.71. The molecule has 0 fully saturated rings. The van der Waals surface area contributed by atoms with E-state index in [-0.39, 0.29) is 5.78 Å². The average molecular weight is 346 g/mol. The van der Waals surface area contributed by atoms with Crippen LogP contribution in [-0.2, 0) is 0 Å². The molecule has 2 aromatic carbocycles. The van der Waals surface area contributed by atoms with E-state index in [2.05, 4.69) is 0 Å². The summed E-state index contributed by atoms with van der Waals surface area (Å²) in [5.74, 6) is 0.517. The Hall–Kier alpha value is -2.17. The molecule has 0 saturated carbocycles. The Kier molecular flexibility index (Phi) is 5.90. The highest BCUT2D eigenvalue weighted by Gasteiger charge is 2.05. The third-order valence-electron chi connectivity index (χ3n) is 3.01. The van der Waals surface area contributed by atoms with Crippen LogP contribution in [0.15, 0.2) is 54.6 Å². The van der Waals surface area contributed by atoms with Crippen LogP contribution >= 0.6 is 23.8 Å². The zero-order valence-electron chi connectivity index (χ0n) is 12.8. The van der Waals surface area contributed by atoms with Gasteiger partial charge in [-0.05, 0) is 60.3 Å². The molecule has 0 bridgehead atoms. The first-order valence-electron chi connectivity index (χ1n) is 6.93. The maximum Gasteiger partial charge on any atom is 0.264 e. The second-order valence-corrected chi connectivity index (χ2v) is 5.82. The number of ether oxygens (including phenoxy) is 1. The normalized spacial score (nSPS) is 10.6. The molecule has 0 heterocycles. The maximum atomic E-state index is 12.1. The Morgan fingerprint density at radius 2 is 1.70 bits per heavy atom. The summed E-state index contributed by atoms with van der Waals surface area (Å²) in [6.07, 6.45) is 3.29. The van der Waals surface area contributed by atoms with Crippen LogP contribution in [0.3, 0.4) is 0 Å². The summed E-state index contributed by atoms with van der Waals surface area (Å²) in [7, 11) is 3.61. The van der Waals surface area contributed by atoms with Crippen LogP contribution in [0.25, 0.3) is 6.08 Å². The van der Waals surface area contributed by atoms with E-state index in [1.807, 2.05) is 26.2 Å². The second-order valence-electron chi connectivity index (χ2n) is 5.04. The van der Waals surface area contributed by atoms with Crippen LogP contribution in [0.5, 0.6) is 5.75 Å². The van der Waals surface area contributed by atoms with Crippen molar-refractivity contribution in [1.29, 1.82) is 0 Å². The average Bonchev–Trinajstić information content (AvgIpc) is 2.54. The van der Waals surface area contributed by atoms with Crippen LogP contribution in [0.2, 0.25) is 5.02 Å². The van der Waals surface area contributed by atoms with Crippen molar-refractivity contribution >= 4 is 40.9 Å². The summed E-state index contributed by atoms with van der Waals surface area (Å²) in [6.45, 7) is 0. The summed E-state index contributed by atoms with van der Waals surface area (Å²) in [4.78, 5) is 13.8. The standard InChI is InChI=1S/C18H16ClNO2S/c1-20(2)18(23)22-16-10-6-14(7-11-16)17(21)12-5-13-3-8-15(19)9-4-13/h3-12H,1-2H3/b12-5+. The van der Waals surface area contributed by atoms with Gasteiger partial charge in [0, 0.05) is 24.7 Å². The summed E-state index contributed by atoms with van der Waals surface area (Å²) >= 11 is 10.9. The molecule has 3 nitrogen and oxygen atoms in total. The fourth-order valence-corrected chi connectivity index (χ4v) is 1.94. The molecule has 0 N–H and O–H groups in total. The van der Waals surface area contributed by atoms with Crippen LogP contribution in [-0.4, -0.2) is 30.0 Å². The van der Waals surface area contributed by atoms with Crippen molar-refractivity contribution in [3.63, 3.8) is 0 Å². The van der Waals surface area contributed by atoms with Gasteiger partial charge in [0.15, 0.2) is 5.78 Å². The minimum atomic E-state index is -0.0818. The first kappa shape index (κ1) is 17.2. The lowest BCUT2D eigenvalue weighted by Crippen LogP contribution is -2.24. The van der Waals surface area contributed by atoms with Gasteiger partial charge in [-0.2, -0.15) is 0 Å². The number of ketones is 1. The molecule has 0 atom stereocenters. The van der Waals surface area contributed by atoms with Gasteiger partial charge in [-0.1, -0.05) is 29.8 Å². The minimum Gasteiger partial charge on any atom is -0.432 e. The van der Waals surface area contributed by atoms with Gasteiger partial charge in [0.2, 0.25) is 0 Å². The number of halogens is 1. The van der Waals surface area contributed by atoms with Crippen molar-refractivity contribution in [3.05, 3.63) is 70.8 Å². The van der Waals surface area contributed by atoms with E-state index < -0.39 is 0 Å². The lowest BCUT2D eigenvalue weighted by Gasteiger charge is -2.13. The molecule has 23 heavy (non-hydrogen) atoms. The van der Waals surface area contributed by atoms with Crippen molar-refractivity contribution in [2.24, 2.45) is 0 Å². The van der Waals surface area contributed by atoms with Gasteiger partial charge in [0.1, 0.15) is 5.75 Å². The molecule has 0 unspecified atom stereocenters. The lowest BCUT2D eigenvalue weighted by atomic mass is 10.1. The van der Waals surface area contributed by atoms with Crippen LogP contribution in [0.4, 0.5) is 0 Å². The number of carbonyl (C=O) groups is 1. The van der Waals surface area contributed by atoms with E-state index >= 15 is 0 Å². The molecular weight excluding hydrogens is 330 g/mol. The molecule has 0 aromatic heterocycles. The number of carbonyl (C=O) groups excluding carboxylic acids is 1. The molecule has 2 aromatic rings. The zero-order valence-corrected chi connectivity index (χ0v) is 14.4. The summed E-state index contributed by atoms with van der Waals surface area (Å²) in [5, 5.41) is 1.03. The van der Waals surface area contributed by atoms with Gasteiger partial charge >= 0.3 is 0 Å². The van der Waals surface area contributed by atoms with Gasteiger partial charge in [-0.3, -0.25) is 4.79 Å². The quantitative estimate of drug-likeness (QED) is 0.465. The first-order valence-corrected chi connectivity index (χ1v) is 7.71. The summed E-state index contributed by atoms with van der Waals surface area (Å²) in [5.41, 5.74) is 1.50. The van der Waals surface area contributed by atoms with E-state index in [1.54, 1.807) is 47.4 Å². The van der Waals surface area contributed by atoms with Gasteiger partial charge in [0.05, 0.1) is 0 Å². The predicted molar refractivity (Wildman–Crippen MR) is 98.2 cm³/mol. The molecule has 0 aliphatic heterocycles. The van der Waals surface area contributed by atoms with E-state index in [1.165, 1.54) is 6.08 Å². The number of nitrogens with zero attached hydrogens (tertiary/aromatic N) is 1. The van der Waals surface area contributed by atoms with Crippen LogP contribution < -0.4 is 4.74 Å². The minimum absolute atomic E-state index is 0.0818. The Bertz CT molecular complexity index is 722. The van der Waals surface area contributed by atoms with Gasteiger partial charge < -0.3 is 9.64 Å². The molecule has 0 aliphatic carbocycles. The van der Waals surface area contributed by atoms with Crippen molar-refractivity contribution < 1.29 is 9.53 Å². The fourth-order valence-electron chi connectivity index (χ4n) is 1.72. The van der Waals surface area contributed by atoms with E-state index in [0.29, 0.717) is 21.5 Å². The van der Waals surface area contributed by atoms with E-state index in [0.717, 1.165) is 5.56 Å². The Balaban J connectivity index is 2.02. The smallest absolute Gasteiger partial charge is 0.264 e. The summed E-state index contributed by atoms with van der Waals surface area (Å²) < 4.78 is 5.47. The molecular formula is C18H16ClNO2S. The first-order chi connectivity index (χ1) is 11.0. The fraction of sp³-hybridized carbons (Fsp3) is 0.111. The second kappa shape index (κ2) is 7.90. The third kappa shape index (κ3) is 5.20. The predicted octanol–water partition coefficient (Wildman–Crippen LogP) is 4.46. The van der Waals surface area contributed by atoms with Crippen LogP contribution in [0, 0.1) is 0 Å². The molecule has 0 radical (unpaired) electrons. The van der Waals surface area contributed by atoms with E-state index in [9.17, 15) is 4.79 Å². The summed E-state index contributed by atoms with van der Waals surface area (Å²) in [6, 6.07) is 14.1. The number of thiocarbonyl (C=S) groups is 1. The largest absolute Gasteiger partial charge is 0.432 e.